The molecule has 1 spiro atoms. The number of amidine groups is 1. The van der Waals surface area contributed by atoms with Gasteiger partial charge in [-0.2, -0.15) is 0 Å². The molecule has 0 unspecified atom stereocenters. The molecule has 1 fully saturated rings. The summed E-state index contributed by atoms with van der Waals surface area (Å²) in [6, 6.07) is 19.4. The van der Waals surface area contributed by atoms with Crippen molar-refractivity contribution in [1.82, 2.24) is 9.80 Å². The van der Waals surface area contributed by atoms with Crippen molar-refractivity contribution in [2.45, 2.75) is 65.8 Å². The lowest BCUT2D eigenvalue weighted by Crippen LogP contribution is -2.52. The third kappa shape index (κ3) is 4.04. The molecule has 3 aliphatic rings. The fraction of sp³-hybridized carbons (Fsp3) is 0.394. The van der Waals surface area contributed by atoms with Gasteiger partial charge >= 0.3 is 0 Å². The normalized spacial score (nSPS) is 24.6. The lowest BCUT2D eigenvalue weighted by Gasteiger charge is -2.40. The van der Waals surface area contributed by atoms with E-state index >= 15 is 0 Å². The lowest BCUT2D eigenvalue weighted by atomic mass is 9.86. The number of benzene rings is 3. The standard InChI is InChI=1S/C33H38N4O2/c1-21-15-23(3)29(24(4)16-21)28-19-32(38-34-28)20-33(27-11-9-8-10-12-27)37(14-13-36(32)7)31(35-39-33)30-25(5)17-22(2)18-26(30)6/h8-12,15-18H,13-14,19-20H2,1-7H3/t32-,33-/m0/s1. The van der Waals surface area contributed by atoms with Crippen LogP contribution in [0.1, 0.15) is 62.9 Å². The Morgan fingerprint density at radius 3 is 1.92 bits per heavy atom. The molecule has 0 N–H and O–H groups in total. The molecule has 0 amide bonds. The maximum absolute atomic E-state index is 6.61. The first kappa shape index (κ1) is 25.6. The largest absolute Gasteiger partial charge is 0.372 e. The van der Waals surface area contributed by atoms with Gasteiger partial charge in [-0.3, -0.25) is 4.90 Å². The van der Waals surface area contributed by atoms with Crippen molar-refractivity contribution in [3.05, 3.63) is 105 Å². The van der Waals surface area contributed by atoms with Crippen LogP contribution in [0.25, 0.3) is 0 Å². The quantitative estimate of drug-likeness (QED) is 0.409. The third-order valence-electron chi connectivity index (χ3n) is 8.71. The van der Waals surface area contributed by atoms with E-state index in [-0.39, 0.29) is 0 Å². The van der Waals surface area contributed by atoms with Crippen molar-refractivity contribution in [1.29, 1.82) is 0 Å². The summed E-state index contributed by atoms with van der Waals surface area (Å²) < 4.78 is 0. The first-order valence-corrected chi connectivity index (χ1v) is 13.9. The fourth-order valence-electron chi connectivity index (χ4n) is 7.02. The number of nitrogens with zero attached hydrogens (tertiary/aromatic N) is 4. The summed E-state index contributed by atoms with van der Waals surface area (Å²) in [5.41, 5.74) is 10.3. The molecule has 3 heterocycles. The molecule has 3 aromatic carbocycles. The van der Waals surface area contributed by atoms with Gasteiger partial charge in [-0.1, -0.05) is 76.0 Å². The maximum atomic E-state index is 6.61. The zero-order valence-electron chi connectivity index (χ0n) is 24.1. The first-order valence-electron chi connectivity index (χ1n) is 13.9. The number of hydrogen-bond acceptors (Lipinski definition) is 6. The highest BCUT2D eigenvalue weighted by Crippen LogP contribution is 2.49. The van der Waals surface area contributed by atoms with Crippen LogP contribution in [0.4, 0.5) is 0 Å². The van der Waals surface area contributed by atoms with Crippen molar-refractivity contribution in [3.63, 3.8) is 0 Å². The van der Waals surface area contributed by atoms with E-state index in [0.717, 1.165) is 35.8 Å². The molecule has 0 bridgehead atoms. The highest BCUT2D eigenvalue weighted by Gasteiger charge is 2.59. The summed E-state index contributed by atoms with van der Waals surface area (Å²) in [6.07, 6.45) is 1.24. The Morgan fingerprint density at radius 2 is 1.31 bits per heavy atom. The second-order valence-electron chi connectivity index (χ2n) is 11.7. The number of oxime groups is 2. The average molecular weight is 523 g/mol. The van der Waals surface area contributed by atoms with E-state index in [1.54, 1.807) is 0 Å². The minimum absolute atomic E-state index is 0.564. The maximum Gasteiger partial charge on any atom is 0.242 e. The minimum Gasteiger partial charge on any atom is -0.372 e. The first-order chi connectivity index (χ1) is 18.6. The summed E-state index contributed by atoms with van der Waals surface area (Å²) in [4.78, 5) is 17.8. The van der Waals surface area contributed by atoms with E-state index in [9.17, 15) is 0 Å². The Bertz CT molecular complexity index is 1470. The Morgan fingerprint density at radius 1 is 0.718 bits per heavy atom. The predicted molar refractivity (Wildman–Crippen MR) is 156 cm³/mol. The van der Waals surface area contributed by atoms with E-state index < -0.39 is 11.4 Å². The van der Waals surface area contributed by atoms with Gasteiger partial charge < -0.3 is 14.6 Å². The van der Waals surface area contributed by atoms with Crippen molar-refractivity contribution in [2.75, 3.05) is 20.1 Å². The summed E-state index contributed by atoms with van der Waals surface area (Å²) >= 11 is 0. The fourth-order valence-corrected chi connectivity index (χ4v) is 7.02. The van der Waals surface area contributed by atoms with Gasteiger partial charge in [0.15, 0.2) is 5.84 Å². The number of aryl methyl sites for hydroxylation is 6. The molecule has 0 radical (unpaired) electrons. The molecule has 39 heavy (non-hydrogen) atoms. The smallest absolute Gasteiger partial charge is 0.242 e. The molecular formula is C33H38N4O2. The molecule has 2 atom stereocenters. The van der Waals surface area contributed by atoms with Crippen molar-refractivity contribution in [3.8, 4) is 0 Å². The molecule has 6 rings (SSSR count). The topological polar surface area (TPSA) is 49.7 Å². The van der Waals surface area contributed by atoms with Crippen LogP contribution in [0.2, 0.25) is 0 Å². The van der Waals surface area contributed by atoms with Crippen LogP contribution in [0.5, 0.6) is 0 Å². The van der Waals surface area contributed by atoms with Crippen molar-refractivity contribution < 1.29 is 9.68 Å². The summed E-state index contributed by atoms with van der Waals surface area (Å²) in [5.74, 6) is 0.892. The molecule has 6 heteroatoms. The summed E-state index contributed by atoms with van der Waals surface area (Å²) in [7, 11) is 2.15. The van der Waals surface area contributed by atoms with Crippen molar-refractivity contribution >= 4 is 11.5 Å². The lowest BCUT2D eigenvalue weighted by molar-refractivity contribution is -0.188. The average Bonchev–Trinajstić information content (AvgIpc) is 3.42. The molecule has 1 saturated heterocycles. The minimum atomic E-state index is -0.812. The molecule has 6 nitrogen and oxygen atoms in total. The molecule has 3 aromatic rings. The number of rotatable bonds is 3. The Labute approximate surface area is 231 Å². The molecule has 202 valence electrons. The van der Waals surface area contributed by atoms with Gasteiger partial charge in [0.05, 0.1) is 18.6 Å². The second kappa shape index (κ2) is 9.23. The van der Waals surface area contributed by atoms with Crippen molar-refractivity contribution in [2.24, 2.45) is 10.3 Å². The number of likely N-dealkylation sites (N-methyl/N-ethyl adjacent to an activating group) is 1. The molecule has 3 aliphatic heterocycles. The number of hydrogen-bond donors (Lipinski definition) is 0. The van der Waals surface area contributed by atoms with Crippen LogP contribution >= 0.6 is 0 Å². The van der Waals surface area contributed by atoms with E-state index in [4.69, 9.17) is 20.0 Å². The SMILES string of the molecule is Cc1cc(C)c(C2=NO[C@@]3(C2)C[C@@]2(c4ccccc4)ON=C(c4c(C)cc(C)cc4C)N2CCN3C)c(C)c1. The van der Waals surface area contributed by atoms with Crippen LogP contribution in [-0.2, 0) is 15.4 Å². The van der Waals surface area contributed by atoms with Gasteiger partial charge in [-0.05, 0) is 70.8 Å². The number of fused-ring (bicyclic) bond motifs is 1. The van der Waals surface area contributed by atoms with Crippen LogP contribution < -0.4 is 0 Å². The molecule has 0 saturated carbocycles. The molecular weight excluding hydrogens is 484 g/mol. The van der Waals surface area contributed by atoms with Gasteiger partial charge in [-0.25, -0.2) is 0 Å². The van der Waals surface area contributed by atoms with E-state index in [2.05, 4.69) is 107 Å². The zero-order chi connectivity index (χ0) is 27.5. The van der Waals surface area contributed by atoms with Crippen LogP contribution in [0, 0.1) is 41.5 Å². The monoisotopic (exact) mass is 522 g/mol. The third-order valence-corrected chi connectivity index (χ3v) is 8.71. The summed E-state index contributed by atoms with van der Waals surface area (Å²) in [6.45, 7) is 14.5. The van der Waals surface area contributed by atoms with Gasteiger partial charge in [0.1, 0.15) is 0 Å². The zero-order valence-corrected chi connectivity index (χ0v) is 24.1. The predicted octanol–water partition coefficient (Wildman–Crippen LogP) is 6.24. The van der Waals surface area contributed by atoms with Gasteiger partial charge in [0.25, 0.3) is 0 Å². The Kier molecular flexibility index (Phi) is 6.07. The van der Waals surface area contributed by atoms with Crippen LogP contribution in [0.15, 0.2) is 64.9 Å². The Hall–Kier alpha value is -3.64. The van der Waals surface area contributed by atoms with Gasteiger partial charge in [0, 0.05) is 29.8 Å². The van der Waals surface area contributed by atoms with Gasteiger partial charge in [-0.15, -0.1) is 0 Å². The van der Waals surface area contributed by atoms with Crippen LogP contribution in [0.3, 0.4) is 0 Å². The van der Waals surface area contributed by atoms with E-state index in [1.165, 1.54) is 38.9 Å². The summed E-state index contributed by atoms with van der Waals surface area (Å²) in [5, 5.41) is 9.56. The van der Waals surface area contributed by atoms with Crippen LogP contribution in [-0.4, -0.2) is 47.2 Å². The highest BCUT2D eigenvalue weighted by molar-refractivity contribution is 6.04. The Balaban J connectivity index is 1.43. The highest BCUT2D eigenvalue weighted by atomic mass is 16.7. The molecule has 0 aromatic heterocycles. The van der Waals surface area contributed by atoms with E-state index in [0.29, 0.717) is 12.8 Å². The van der Waals surface area contributed by atoms with E-state index in [1.807, 2.05) is 6.07 Å². The second-order valence-corrected chi connectivity index (χ2v) is 11.7. The molecule has 0 aliphatic carbocycles. The van der Waals surface area contributed by atoms with Gasteiger partial charge in [0.2, 0.25) is 11.4 Å².